The molecule has 2 aromatic carbocycles. The van der Waals surface area contributed by atoms with Crippen LogP contribution >= 0.6 is 0 Å². The number of carboxylic acids is 1. The second-order valence-electron chi connectivity index (χ2n) is 13.5. The molecule has 0 aromatic heterocycles. The number of hydrogen-bond acceptors (Lipinski definition) is 11. The number of nitrogens with one attached hydrogen (secondary N) is 7. The molecule has 19 heteroatoms. The van der Waals surface area contributed by atoms with E-state index in [1.165, 1.54) is 32.9 Å². The second kappa shape index (κ2) is 22.3. The lowest BCUT2D eigenvalue weighted by molar-refractivity contribution is -0.139. The third-order valence-corrected chi connectivity index (χ3v) is 8.32. The topological polar surface area (TPSA) is 307 Å². The summed E-state index contributed by atoms with van der Waals surface area (Å²) in [5.74, 6) is -7.38. The Bertz CT molecular complexity index is 1690. The van der Waals surface area contributed by atoms with Crippen LogP contribution in [0.15, 0.2) is 54.6 Å². The molecule has 0 saturated heterocycles. The van der Waals surface area contributed by atoms with Crippen LogP contribution < -0.4 is 43.0 Å². The number of rotatable bonds is 21. The van der Waals surface area contributed by atoms with Gasteiger partial charge in [0.05, 0.1) is 12.6 Å². The van der Waals surface area contributed by atoms with Crippen molar-refractivity contribution >= 4 is 47.3 Å². The highest BCUT2D eigenvalue weighted by molar-refractivity contribution is 5.97. The van der Waals surface area contributed by atoms with Gasteiger partial charge in [0.2, 0.25) is 41.4 Å². The average Bonchev–Trinajstić information content (AvgIpc) is 3.14. The first-order valence-corrected chi connectivity index (χ1v) is 17.8. The van der Waals surface area contributed by atoms with Crippen molar-refractivity contribution < 1.29 is 53.7 Å². The first-order chi connectivity index (χ1) is 26.3. The van der Waals surface area contributed by atoms with Crippen molar-refractivity contribution in [3.63, 3.8) is 0 Å². The molecule has 7 amide bonds. The molecule has 0 radical (unpaired) electrons. The molecule has 0 bridgehead atoms. The Morgan fingerprint density at radius 2 is 1.02 bits per heavy atom. The number of nitrogens with two attached hydrogens (primary N) is 1. The van der Waals surface area contributed by atoms with Crippen molar-refractivity contribution in [2.45, 2.75) is 89.8 Å². The van der Waals surface area contributed by atoms with E-state index >= 15 is 0 Å². The van der Waals surface area contributed by atoms with Crippen LogP contribution in [0.1, 0.15) is 45.7 Å². The van der Waals surface area contributed by atoms with E-state index in [4.69, 9.17) is 10.8 Å². The molecule has 0 aliphatic carbocycles. The van der Waals surface area contributed by atoms with Crippen molar-refractivity contribution in [1.82, 2.24) is 37.2 Å². The molecular weight excluding hydrogens is 732 g/mol. The fourth-order valence-corrected chi connectivity index (χ4v) is 5.05. The van der Waals surface area contributed by atoms with E-state index in [1.807, 2.05) is 0 Å². The number of amides is 7. The summed E-state index contributed by atoms with van der Waals surface area (Å²) in [5, 5.41) is 45.5. The largest absolute Gasteiger partial charge is 0.508 e. The summed E-state index contributed by atoms with van der Waals surface area (Å²) in [6.07, 6.45) is -0.0745. The number of carbonyl (C=O) groups is 8. The number of carbonyl (C=O) groups excluding carboxylic acids is 7. The number of phenols is 1. The molecule has 0 aliphatic rings. The summed E-state index contributed by atoms with van der Waals surface area (Å²) in [4.78, 5) is 102. The molecule has 19 nitrogen and oxygen atoms in total. The molecule has 0 aliphatic heterocycles. The van der Waals surface area contributed by atoms with Crippen LogP contribution in [-0.2, 0) is 51.2 Å². The van der Waals surface area contributed by atoms with Crippen LogP contribution in [-0.4, -0.2) is 118 Å². The van der Waals surface area contributed by atoms with Crippen molar-refractivity contribution in [3.05, 3.63) is 65.7 Å². The molecule has 0 fully saturated rings. The summed E-state index contributed by atoms with van der Waals surface area (Å²) in [7, 11) is 0. The van der Waals surface area contributed by atoms with Crippen LogP contribution in [0.3, 0.4) is 0 Å². The summed E-state index contributed by atoms with van der Waals surface area (Å²) in [6, 6.07) is 5.78. The minimum atomic E-state index is -1.58. The van der Waals surface area contributed by atoms with E-state index in [0.717, 1.165) is 0 Å². The SMILES string of the molecule is CC(C)[C@H](NC(=O)[C@H](CO)NC(=O)[C@H](Cc1ccccc1)NC(=O)[C@H](C)NC(=O)[C@H](C)NC(=O)[C@H](Cc1ccc(O)cc1)NC(=O)[C@H](C)N)C(=O)NCC(=O)O. The molecule has 306 valence electrons. The zero-order chi connectivity index (χ0) is 42.1. The van der Waals surface area contributed by atoms with Gasteiger partial charge in [-0.25, -0.2) is 0 Å². The number of benzene rings is 2. The van der Waals surface area contributed by atoms with E-state index in [9.17, 15) is 48.6 Å². The van der Waals surface area contributed by atoms with Gasteiger partial charge in [0, 0.05) is 12.8 Å². The molecule has 0 unspecified atom stereocenters. The molecule has 2 aromatic rings. The van der Waals surface area contributed by atoms with Gasteiger partial charge in [0.25, 0.3) is 0 Å². The Hall–Kier alpha value is -6.08. The van der Waals surface area contributed by atoms with Gasteiger partial charge >= 0.3 is 5.97 Å². The monoisotopic (exact) mass is 784 g/mol. The van der Waals surface area contributed by atoms with Gasteiger partial charge in [-0.2, -0.15) is 0 Å². The van der Waals surface area contributed by atoms with Gasteiger partial charge in [-0.05, 0) is 49.9 Å². The maximum Gasteiger partial charge on any atom is 0.322 e. The molecule has 56 heavy (non-hydrogen) atoms. The predicted octanol–water partition coefficient (Wildman–Crippen LogP) is -2.68. The van der Waals surface area contributed by atoms with Gasteiger partial charge in [-0.15, -0.1) is 0 Å². The lowest BCUT2D eigenvalue weighted by atomic mass is 10.0. The highest BCUT2D eigenvalue weighted by atomic mass is 16.4. The van der Waals surface area contributed by atoms with Gasteiger partial charge in [-0.1, -0.05) is 56.3 Å². The smallest absolute Gasteiger partial charge is 0.322 e. The summed E-state index contributed by atoms with van der Waals surface area (Å²) in [5.41, 5.74) is 6.87. The Morgan fingerprint density at radius 1 is 0.571 bits per heavy atom. The minimum Gasteiger partial charge on any atom is -0.508 e. The third-order valence-electron chi connectivity index (χ3n) is 8.32. The zero-order valence-corrected chi connectivity index (χ0v) is 31.8. The molecular formula is C37H52N8O11. The first kappa shape index (κ1) is 46.1. The van der Waals surface area contributed by atoms with Crippen molar-refractivity contribution in [3.8, 4) is 5.75 Å². The van der Waals surface area contributed by atoms with E-state index < -0.39 is 109 Å². The Kier molecular flexibility index (Phi) is 18.4. The first-order valence-electron chi connectivity index (χ1n) is 17.8. The quantitative estimate of drug-likeness (QED) is 0.0618. The molecule has 0 heterocycles. The van der Waals surface area contributed by atoms with Crippen molar-refractivity contribution in [1.29, 1.82) is 0 Å². The van der Waals surface area contributed by atoms with Crippen LogP contribution in [0.4, 0.5) is 0 Å². The van der Waals surface area contributed by atoms with Crippen LogP contribution in [0.25, 0.3) is 0 Å². The Balaban J connectivity index is 2.15. The highest BCUT2D eigenvalue weighted by Gasteiger charge is 2.32. The van der Waals surface area contributed by atoms with E-state index in [2.05, 4.69) is 37.2 Å². The highest BCUT2D eigenvalue weighted by Crippen LogP contribution is 2.12. The van der Waals surface area contributed by atoms with Gasteiger partial charge in [-0.3, -0.25) is 38.4 Å². The number of carboxylic acid groups (broad SMARTS) is 1. The van der Waals surface area contributed by atoms with Crippen molar-refractivity contribution in [2.75, 3.05) is 13.2 Å². The predicted molar refractivity (Wildman–Crippen MR) is 201 cm³/mol. The van der Waals surface area contributed by atoms with Crippen LogP contribution in [0, 0.1) is 5.92 Å². The second-order valence-corrected chi connectivity index (χ2v) is 13.5. The summed E-state index contributed by atoms with van der Waals surface area (Å²) < 4.78 is 0. The number of aliphatic hydroxyl groups is 1. The number of aliphatic hydroxyl groups excluding tert-OH is 1. The standard InChI is InChI=1S/C37H52N8O11/c1-19(2)30(37(56)39-17-29(48)49)45-36(55)28(18-46)44-35(54)27(15-23-9-7-6-8-10-23)43-33(52)22(5)40-32(51)21(4)41-34(53)26(42-31(50)20(3)38)16-24-11-13-25(47)14-12-24/h6-14,19-22,26-28,30,46-47H,15-18,38H2,1-5H3,(H,39,56)(H,40,51)(H,41,53)(H,42,50)(H,43,52)(H,44,54)(H,45,55)(H,48,49)/t20-,21-,22-,26-,27-,28-,30-/m0/s1. The van der Waals surface area contributed by atoms with Gasteiger partial charge < -0.3 is 58.3 Å². The number of aromatic hydroxyl groups is 1. The Morgan fingerprint density at radius 3 is 1.52 bits per heavy atom. The maximum absolute atomic E-state index is 13.5. The van der Waals surface area contributed by atoms with E-state index in [-0.39, 0.29) is 18.6 Å². The van der Waals surface area contributed by atoms with E-state index in [1.54, 1.807) is 56.3 Å². The lowest BCUT2D eigenvalue weighted by Crippen LogP contribution is -2.60. The fraction of sp³-hybridized carbons (Fsp3) is 0.459. The van der Waals surface area contributed by atoms with E-state index in [0.29, 0.717) is 11.1 Å². The molecule has 12 N–H and O–H groups in total. The normalized spacial score (nSPS) is 14.6. The maximum atomic E-state index is 13.5. The van der Waals surface area contributed by atoms with Gasteiger partial charge in [0.1, 0.15) is 48.5 Å². The zero-order valence-electron chi connectivity index (χ0n) is 31.8. The number of phenolic OH excluding ortho intramolecular Hbond substituents is 1. The Labute approximate surface area is 323 Å². The van der Waals surface area contributed by atoms with Gasteiger partial charge in [0.15, 0.2) is 0 Å². The fourth-order valence-electron chi connectivity index (χ4n) is 5.05. The van der Waals surface area contributed by atoms with Crippen molar-refractivity contribution in [2.24, 2.45) is 11.7 Å². The number of aliphatic carboxylic acids is 1. The minimum absolute atomic E-state index is 0.00127. The molecule has 0 spiro atoms. The lowest BCUT2D eigenvalue weighted by Gasteiger charge is -2.26. The average molecular weight is 785 g/mol. The molecule has 0 saturated carbocycles. The van der Waals surface area contributed by atoms with Crippen LogP contribution in [0.5, 0.6) is 5.75 Å². The summed E-state index contributed by atoms with van der Waals surface area (Å²) in [6.45, 7) is 5.72. The third kappa shape index (κ3) is 15.3. The molecule has 2 rings (SSSR count). The van der Waals surface area contributed by atoms with Crippen LogP contribution in [0.2, 0.25) is 0 Å². The number of hydrogen-bond donors (Lipinski definition) is 11. The summed E-state index contributed by atoms with van der Waals surface area (Å²) >= 11 is 0. The molecule has 7 atom stereocenters.